The van der Waals surface area contributed by atoms with Gasteiger partial charge in [0.25, 0.3) is 0 Å². The molecule has 0 spiro atoms. The number of carbonyl (C=O) groups excluding carboxylic acids is 1. The third kappa shape index (κ3) is 4.15. The first kappa shape index (κ1) is 19.2. The van der Waals surface area contributed by atoms with Crippen LogP contribution in [-0.2, 0) is 16.9 Å². The van der Waals surface area contributed by atoms with Crippen molar-refractivity contribution in [1.82, 2.24) is 15.2 Å². The number of nitrogens with zero attached hydrogens (tertiary/aromatic N) is 2. The number of fused-ring (bicyclic) bond motifs is 1. The summed E-state index contributed by atoms with van der Waals surface area (Å²) in [7, 11) is 0. The summed E-state index contributed by atoms with van der Waals surface area (Å²) in [6.07, 6.45) is 1.76. The number of hydrogen-bond acceptors (Lipinski definition) is 6. The molecule has 150 valence electrons. The van der Waals surface area contributed by atoms with Gasteiger partial charge in [0.05, 0.1) is 16.2 Å². The number of piperidine rings is 1. The lowest BCUT2D eigenvalue weighted by Crippen LogP contribution is -2.46. The van der Waals surface area contributed by atoms with E-state index < -0.39 is 5.54 Å². The van der Waals surface area contributed by atoms with Gasteiger partial charge in [0.2, 0.25) is 12.7 Å². The van der Waals surface area contributed by atoms with Gasteiger partial charge in [-0.25, -0.2) is 4.98 Å². The first-order valence-corrected chi connectivity index (χ1v) is 10.6. The quantitative estimate of drug-likeness (QED) is 0.831. The van der Waals surface area contributed by atoms with E-state index in [4.69, 9.17) is 9.47 Å². The topological polar surface area (TPSA) is 63.7 Å². The minimum atomic E-state index is -0.465. The fourth-order valence-corrected chi connectivity index (χ4v) is 4.43. The molecule has 0 atom stereocenters. The molecule has 7 heteroatoms. The van der Waals surface area contributed by atoms with Crippen molar-refractivity contribution >= 4 is 17.2 Å². The molecule has 2 aliphatic rings. The summed E-state index contributed by atoms with van der Waals surface area (Å²) in [6.45, 7) is 9.08. The maximum atomic E-state index is 12.9. The number of carbonyl (C=O) groups is 1. The molecular weight excluding hydrogens is 374 g/mol. The van der Waals surface area contributed by atoms with Crippen LogP contribution in [-0.4, -0.2) is 35.7 Å². The van der Waals surface area contributed by atoms with Crippen molar-refractivity contribution < 1.29 is 14.3 Å². The molecule has 0 radical (unpaired) electrons. The van der Waals surface area contributed by atoms with Gasteiger partial charge < -0.3 is 14.8 Å². The zero-order valence-corrected chi connectivity index (χ0v) is 17.5. The van der Waals surface area contributed by atoms with Crippen LogP contribution in [0.2, 0.25) is 0 Å². The predicted molar refractivity (Wildman–Crippen MR) is 109 cm³/mol. The third-order valence-electron chi connectivity index (χ3n) is 5.54. The van der Waals surface area contributed by atoms with Crippen LogP contribution in [0.1, 0.15) is 43.0 Å². The molecular formula is C21H27N3O3S. The summed E-state index contributed by atoms with van der Waals surface area (Å²) in [5.41, 5.74) is 1.68. The Morgan fingerprint density at radius 1 is 1.29 bits per heavy atom. The Balaban J connectivity index is 1.32. The van der Waals surface area contributed by atoms with E-state index in [-0.39, 0.29) is 18.6 Å². The molecule has 4 rings (SSSR count). The average Bonchev–Trinajstić information content (AvgIpc) is 3.30. The Morgan fingerprint density at radius 2 is 2.04 bits per heavy atom. The summed E-state index contributed by atoms with van der Waals surface area (Å²) in [4.78, 5) is 19.8. The van der Waals surface area contributed by atoms with Crippen LogP contribution in [0.15, 0.2) is 23.6 Å². The normalized spacial score (nSPS) is 17.7. The molecule has 1 aromatic carbocycles. The standard InChI is InChI=1S/C21H27N3O3S/c1-14-22-17(12-28-14)11-24-8-6-15(7-9-24)20(25)23-21(2,3)16-4-5-18-19(10-16)27-13-26-18/h4-5,10,12,15H,6-9,11,13H2,1-3H3,(H,23,25). The fourth-order valence-electron chi connectivity index (χ4n) is 3.83. The van der Waals surface area contributed by atoms with Crippen molar-refractivity contribution in [1.29, 1.82) is 0 Å². The number of rotatable bonds is 5. The molecule has 2 aromatic rings. The largest absolute Gasteiger partial charge is 0.454 e. The number of thiazole rings is 1. The summed E-state index contributed by atoms with van der Waals surface area (Å²) >= 11 is 1.69. The monoisotopic (exact) mass is 401 g/mol. The molecule has 0 unspecified atom stereocenters. The van der Waals surface area contributed by atoms with Crippen molar-refractivity contribution in [3.63, 3.8) is 0 Å². The molecule has 6 nitrogen and oxygen atoms in total. The molecule has 1 fully saturated rings. The van der Waals surface area contributed by atoms with Crippen molar-refractivity contribution in [2.24, 2.45) is 5.92 Å². The minimum absolute atomic E-state index is 0.0571. The second-order valence-electron chi connectivity index (χ2n) is 8.09. The van der Waals surface area contributed by atoms with Gasteiger partial charge in [-0.05, 0) is 64.4 Å². The van der Waals surface area contributed by atoms with Gasteiger partial charge >= 0.3 is 0 Å². The van der Waals surface area contributed by atoms with E-state index in [0.717, 1.165) is 60.2 Å². The summed E-state index contributed by atoms with van der Waals surface area (Å²) < 4.78 is 10.9. The number of ether oxygens (including phenoxy) is 2. The van der Waals surface area contributed by atoms with Crippen LogP contribution in [0.3, 0.4) is 0 Å². The van der Waals surface area contributed by atoms with E-state index in [1.165, 1.54) is 0 Å². The number of amides is 1. The molecule has 1 saturated heterocycles. The van der Waals surface area contributed by atoms with Gasteiger partial charge in [0, 0.05) is 17.8 Å². The first-order chi connectivity index (χ1) is 13.4. The van der Waals surface area contributed by atoms with Gasteiger partial charge in [-0.15, -0.1) is 11.3 Å². The molecule has 1 amide bonds. The number of hydrogen-bond donors (Lipinski definition) is 1. The Morgan fingerprint density at radius 3 is 2.75 bits per heavy atom. The summed E-state index contributed by atoms with van der Waals surface area (Å²) in [5.74, 6) is 1.69. The SMILES string of the molecule is Cc1nc(CN2CCC(C(=O)NC(C)(C)c3ccc4c(c3)OCO4)CC2)cs1. The molecule has 3 heterocycles. The number of likely N-dealkylation sites (tertiary alicyclic amines) is 1. The van der Waals surface area contributed by atoms with Gasteiger partial charge in [-0.1, -0.05) is 6.07 Å². The fraction of sp³-hybridized carbons (Fsp3) is 0.524. The minimum Gasteiger partial charge on any atom is -0.454 e. The van der Waals surface area contributed by atoms with Crippen LogP contribution < -0.4 is 14.8 Å². The highest BCUT2D eigenvalue weighted by Gasteiger charge is 2.31. The molecule has 1 N–H and O–H groups in total. The maximum Gasteiger partial charge on any atom is 0.231 e. The van der Waals surface area contributed by atoms with E-state index in [1.54, 1.807) is 11.3 Å². The lowest BCUT2D eigenvalue weighted by molar-refractivity contribution is -0.128. The molecule has 0 saturated carbocycles. The van der Waals surface area contributed by atoms with Crippen LogP contribution >= 0.6 is 11.3 Å². The number of aryl methyl sites for hydroxylation is 1. The van der Waals surface area contributed by atoms with Crippen molar-refractivity contribution in [2.75, 3.05) is 19.9 Å². The molecule has 0 aliphatic carbocycles. The zero-order valence-electron chi connectivity index (χ0n) is 16.7. The highest BCUT2D eigenvalue weighted by molar-refractivity contribution is 7.09. The highest BCUT2D eigenvalue weighted by atomic mass is 32.1. The Labute approximate surface area is 169 Å². The Hall–Kier alpha value is -2.12. The van der Waals surface area contributed by atoms with E-state index >= 15 is 0 Å². The van der Waals surface area contributed by atoms with Crippen LogP contribution in [0.25, 0.3) is 0 Å². The molecule has 0 bridgehead atoms. The lowest BCUT2D eigenvalue weighted by atomic mass is 9.90. The van der Waals surface area contributed by atoms with Crippen LogP contribution in [0.5, 0.6) is 11.5 Å². The zero-order chi connectivity index (χ0) is 19.7. The van der Waals surface area contributed by atoms with Crippen LogP contribution in [0.4, 0.5) is 0 Å². The molecule has 1 aromatic heterocycles. The van der Waals surface area contributed by atoms with E-state index in [9.17, 15) is 4.79 Å². The lowest BCUT2D eigenvalue weighted by Gasteiger charge is -2.34. The predicted octanol–water partition coefficient (Wildman–Crippen LogP) is 3.44. The molecule has 28 heavy (non-hydrogen) atoms. The second kappa shape index (κ2) is 7.72. The molecule has 2 aliphatic heterocycles. The van der Waals surface area contributed by atoms with Gasteiger partial charge in [-0.2, -0.15) is 0 Å². The van der Waals surface area contributed by atoms with Crippen molar-refractivity contribution in [2.45, 2.75) is 45.7 Å². The van der Waals surface area contributed by atoms with Crippen molar-refractivity contribution in [3.8, 4) is 11.5 Å². The maximum absolute atomic E-state index is 12.9. The Kier molecular flexibility index (Phi) is 5.29. The average molecular weight is 402 g/mol. The number of aromatic nitrogens is 1. The third-order valence-corrected chi connectivity index (χ3v) is 6.36. The highest BCUT2D eigenvalue weighted by Crippen LogP contribution is 2.36. The van der Waals surface area contributed by atoms with E-state index in [0.29, 0.717) is 0 Å². The van der Waals surface area contributed by atoms with E-state index in [1.807, 2.05) is 39.0 Å². The van der Waals surface area contributed by atoms with Crippen LogP contribution in [0, 0.1) is 12.8 Å². The summed E-state index contributed by atoms with van der Waals surface area (Å²) in [5, 5.41) is 6.47. The summed E-state index contributed by atoms with van der Waals surface area (Å²) in [6, 6.07) is 5.86. The first-order valence-electron chi connectivity index (χ1n) is 9.76. The Bertz CT molecular complexity index is 856. The van der Waals surface area contributed by atoms with Crippen molar-refractivity contribution in [3.05, 3.63) is 39.8 Å². The van der Waals surface area contributed by atoms with Gasteiger partial charge in [-0.3, -0.25) is 9.69 Å². The van der Waals surface area contributed by atoms with Gasteiger partial charge in [0.1, 0.15) is 0 Å². The van der Waals surface area contributed by atoms with Gasteiger partial charge in [0.15, 0.2) is 11.5 Å². The second-order valence-corrected chi connectivity index (χ2v) is 9.15. The van der Waals surface area contributed by atoms with E-state index in [2.05, 4.69) is 20.6 Å². The smallest absolute Gasteiger partial charge is 0.231 e. The number of benzene rings is 1. The number of nitrogens with one attached hydrogen (secondary N) is 1.